The summed E-state index contributed by atoms with van der Waals surface area (Å²) < 4.78 is 6.68. The zero-order valence-corrected chi connectivity index (χ0v) is 17.5. The third-order valence-electron chi connectivity index (χ3n) is 7.46. The molecule has 0 spiro atoms. The third kappa shape index (κ3) is 3.66. The lowest BCUT2D eigenvalue weighted by Crippen LogP contribution is -2.52. The van der Waals surface area contributed by atoms with Crippen molar-refractivity contribution in [2.75, 3.05) is 32.8 Å². The van der Waals surface area contributed by atoms with Gasteiger partial charge in [-0.3, -0.25) is 9.69 Å². The largest absolute Gasteiger partial charge is 0.379 e. The molecule has 3 atom stereocenters. The number of aromatic nitrogens is 2. The molecular weight excluding hydrogens is 374 g/mol. The van der Waals surface area contributed by atoms with E-state index in [2.05, 4.69) is 36.1 Å². The first-order chi connectivity index (χ1) is 13.7. The van der Waals surface area contributed by atoms with Crippen LogP contribution < -0.4 is 5.32 Å². The van der Waals surface area contributed by atoms with E-state index in [0.29, 0.717) is 32.2 Å². The molecule has 9 nitrogen and oxygen atoms in total. The molecule has 2 saturated carbocycles. The van der Waals surface area contributed by atoms with Gasteiger partial charge < -0.3 is 20.2 Å². The number of carbonyl (C=O) groups is 1. The van der Waals surface area contributed by atoms with Crippen molar-refractivity contribution in [3.8, 4) is 0 Å². The summed E-state index contributed by atoms with van der Waals surface area (Å²) in [6, 6.07) is 1.36. The maximum Gasteiger partial charge on any atom is 0.345 e. The summed E-state index contributed by atoms with van der Waals surface area (Å²) >= 11 is 0. The molecule has 1 aromatic heterocycles. The van der Waals surface area contributed by atoms with E-state index >= 15 is 0 Å². The summed E-state index contributed by atoms with van der Waals surface area (Å²) in [7, 11) is 0. The van der Waals surface area contributed by atoms with Gasteiger partial charge in [0.05, 0.1) is 19.3 Å². The minimum atomic E-state index is -0.466. The lowest BCUT2D eigenvalue weighted by molar-refractivity contribution is -0.392. The Balaban J connectivity index is 1.48. The lowest BCUT2D eigenvalue weighted by Gasteiger charge is -2.42. The van der Waals surface area contributed by atoms with Crippen molar-refractivity contribution < 1.29 is 14.5 Å². The van der Waals surface area contributed by atoms with Crippen LogP contribution in [-0.2, 0) is 11.3 Å². The Bertz CT molecular complexity index is 796. The fraction of sp³-hybridized carbons (Fsp3) is 0.800. The zero-order chi connectivity index (χ0) is 20.8. The Kier molecular flexibility index (Phi) is 5.14. The van der Waals surface area contributed by atoms with E-state index in [0.717, 1.165) is 25.9 Å². The van der Waals surface area contributed by atoms with Gasteiger partial charge in [0.1, 0.15) is 6.54 Å². The van der Waals surface area contributed by atoms with Crippen LogP contribution in [0.25, 0.3) is 0 Å². The van der Waals surface area contributed by atoms with Gasteiger partial charge in [-0.1, -0.05) is 25.9 Å². The molecule has 9 heteroatoms. The molecule has 0 aromatic carbocycles. The predicted octanol–water partition coefficient (Wildman–Crippen LogP) is 2.07. The van der Waals surface area contributed by atoms with Crippen LogP contribution in [-0.4, -0.2) is 64.4 Å². The van der Waals surface area contributed by atoms with Crippen LogP contribution in [0.15, 0.2) is 6.07 Å². The number of carbonyl (C=O) groups excluding carboxylic acids is 1. The van der Waals surface area contributed by atoms with Gasteiger partial charge in [-0.15, -0.1) is 4.68 Å². The van der Waals surface area contributed by atoms with E-state index in [9.17, 15) is 14.9 Å². The number of fused-ring (bicyclic) bond motifs is 2. The second kappa shape index (κ2) is 7.36. The Labute approximate surface area is 170 Å². The van der Waals surface area contributed by atoms with Crippen molar-refractivity contribution in [1.82, 2.24) is 20.0 Å². The third-order valence-corrected chi connectivity index (χ3v) is 7.46. The SMILES string of the molecule is CC1(C)C2CC[C@@](C)(C2)[C@@H]1NC(=O)c1cc([N+](=O)[O-])n(CCN2CCOCC2)n1. The number of nitro groups is 1. The van der Waals surface area contributed by atoms with Gasteiger partial charge in [0.15, 0.2) is 5.69 Å². The second-order valence-corrected chi connectivity index (χ2v) is 9.64. The summed E-state index contributed by atoms with van der Waals surface area (Å²) in [6.07, 6.45) is 3.44. The summed E-state index contributed by atoms with van der Waals surface area (Å²) in [4.78, 5) is 26.2. The Morgan fingerprint density at radius 3 is 2.69 bits per heavy atom. The average Bonchev–Trinajstić information content (AvgIpc) is 3.33. The number of nitrogens with one attached hydrogen (secondary N) is 1. The molecule has 1 amide bonds. The van der Waals surface area contributed by atoms with Gasteiger partial charge >= 0.3 is 5.82 Å². The summed E-state index contributed by atoms with van der Waals surface area (Å²) in [6.45, 7) is 10.7. The molecular formula is C20H31N5O4. The van der Waals surface area contributed by atoms with Crippen molar-refractivity contribution in [2.45, 2.75) is 52.6 Å². The molecule has 2 aliphatic carbocycles. The van der Waals surface area contributed by atoms with Gasteiger partial charge in [0.25, 0.3) is 5.91 Å². The molecule has 1 aromatic rings. The lowest BCUT2D eigenvalue weighted by atomic mass is 9.68. The van der Waals surface area contributed by atoms with Crippen LogP contribution in [0.3, 0.4) is 0 Å². The first-order valence-corrected chi connectivity index (χ1v) is 10.5. The maximum atomic E-state index is 13.0. The van der Waals surface area contributed by atoms with Gasteiger partial charge in [0, 0.05) is 25.7 Å². The molecule has 2 heterocycles. The first-order valence-electron chi connectivity index (χ1n) is 10.5. The summed E-state index contributed by atoms with van der Waals surface area (Å²) in [5, 5.41) is 19.0. The van der Waals surface area contributed by atoms with Crippen LogP contribution >= 0.6 is 0 Å². The highest BCUT2D eigenvalue weighted by molar-refractivity contribution is 5.93. The highest BCUT2D eigenvalue weighted by atomic mass is 16.6. The van der Waals surface area contributed by atoms with Gasteiger partial charge in [0.2, 0.25) is 0 Å². The monoisotopic (exact) mass is 405 g/mol. The smallest absolute Gasteiger partial charge is 0.345 e. The summed E-state index contributed by atoms with van der Waals surface area (Å²) in [5.41, 5.74) is 0.239. The highest BCUT2D eigenvalue weighted by Crippen LogP contribution is 2.62. The molecule has 4 rings (SSSR count). The van der Waals surface area contributed by atoms with Crippen LogP contribution in [0, 0.1) is 26.9 Å². The molecule has 1 N–H and O–H groups in total. The van der Waals surface area contributed by atoms with Crippen molar-refractivity contribution in [1.29, 1.82) is 0 Å². The van der Waals surface area contributed by atoms with E-state index in [4.69, 9.17) is 4.74 Å². The standard InChI is InChI=1S/C20H31N5O4/c1-19(2)14-4-5-20(3,13-14)18(19)21-17(26)15-12-16(25(27)28)24(22-15)7-6-23-8-10-29-11-9-23/h12,14,18H,4-11,13H2,1-3H3,(H,21,26)/t14?,18-,20+/m1/s1. The first kappa shape index (κ1) is 20.3. The van der Waals surface area contributed by atoms with Crippen molar-refractivity contribution >= 4 is 11.7 Å². The Morgan fingerprint density at radius 2 is 2.07 bits per heavy atom. The number of rotatable bonds is 6. The van der Waals surface area contributed by atoms with Crippen molar-refractivity contribution in [3.63, 3.8) is 0 Å². The molecule has 1 unspecified atom stereocenters. The minimum absolute atomic E-state index is 0.0213. The van der Waals surface area contributed by atoms with Crippen molar-refractivity contribution in [3.05, 3.63) is 21.9 Å². The van der Waals surface area contributed by atoms with Crippen LogP contribution in [0.5, 0.6) is 0 Å². The second-order valence-electron chi connectivity index (χ2n) is 9.64. The van der Waals surface area contributed by atoms with Crippen LogP contribution in [0.1, 0.15) is 50.5 Å². The number of ether oxygens (including phenoxy) is 1. The topological polar surface area (TPSA) is 103 Å². The molecule has 160 valence electrons. The van der Waals surface area contributed by atoms with Crippen LogP contribution in [0.2, 0.25) is 0 Å². The molecule has 0 radical (unpaired) electrons. The van der Waals surface area contributed by atoms with Gasteiger partial charge in [-0.25, -0.2) is 0 Å². The zero-order valence-electron chi connectivity index (χ0n) is 17.5. The molecule has 3 aliphatic rings. The van der Waals surface area contributed by atoms with Gasteiger partial charge in [-0.05, 0) is 40.9 Å². The van der Waals surface area contributed by atoms with E-state index in [1.165, 1.54) is 17.2 Å². The number of amides is 1. The number of hydrogen-bond donors (Lipinski definition) is 1. The highest BCUT2D eigenvalue weighted by Gasteiger charge is 2.59. The Hall–Kier alpha value is -2.00. The van der Waals surface area contributed by atoms with E-state index in [1.807, 2.05) is 0 Å². The molecule has 3 fully saturated rings. The number of morpholine rings is 1. The Morgan fingerprint density at radius 1 is 1.34 bits per heavy atom. The minimum Gasteiger partial charge on any atom is -0.379 e. The van der Waals surface area contributed by atoms with E-state index in [1.54, 1.807) is 0 Å². The molecule has 2 bridgehead atoms. The molecule has 1 saturated heterocycles. The van der Waals surface area contributed by atoms with Crippen LogP contribution in [0.4, 0.5) is 5.82 Å². The van der Waals surface area contributed by atoms with E-state index < -0.39 is 4.92 Å². The fourth-order valence-corrected chi connectivity index (χ4v) is 5.76. The van der Waals surface area contributed by atoms with Crippen molar-refractivity contribution in [2.24, 2.45) is 16.7 Å². The molecule has 1 aliphatic heterocycles. The molecule has 29 heavy (non-hydrogen) atoms. The fourth-order valence-electron chi connectivity index (χ4n) is 5.76. The predicted molar refractivity (Wildman–Crippen MR) is 107 cm³/mol. The van der Waals surface area contributed by atoms with E-state index in [-0.39, 0.29) is 34.3 Å². The average molecular weight is 405 g/mol. The number of hydrogen-bond acceptors (Lipinski definition) is 6. The maximum absolute atomic E-state index is 13.0. The number of nitrogens with zero attached hydrogens (tertiary/aromatic N) is 4. The normalized spacial score (nSPS) is 31.1. The summed E-state index contributed by atoms with van der Waals surface area (Å²) in [5.74, 6) is 0.158. The van der Waals surface area contributed by atoms with Gasteiger partial charge in [-0.2, -0.15) is 0 Å². The quantitative estimate of drug-likeness (QED) is 0.574.